The predicted molar refractivity (Wildman–Crippen MR) is 90.4 cm³/mol. The summed E-state index contributed by atoms with van der Waals surface area (Å²) in [6, 6.07) is 11.5. The van der Waals surface area contributed by atoms with Crippen molar-refractivity contribution < 1.29 is 24.0 Å². The van der Waals surface area contributed by atoms with E-state index >= 15 is 0 Å². The number of benzene rings is 2. The summed E-state index contributed by atoms with van der Waals surface area (Å²) in [6.45, 7) is -0.690. The lowest BCUT2D eigenvalue weighted by molar-refractivity contribution is -0.384. The van der Waals surface area contributed by atoms with E-state index in [9.17, 15) is 24.5 Å². The van der Waals surface area contributed by atoms with E-state index in [2.05, 4.69) is 10.9 Å². The van der Waals surface area contributed by atoms with Crippen molar-refractivity contribution >= 4 is 35.1 Å². The van der Waals surface area contributed by atoms with Gasteiger partial charge >= 0.3 is 5.97 Å². The number of carbonyl (C=O) groups excluding carboxylic acids is 3. The number of hydrogen-bond acceptors (Lipinski definition) is 6. The average Bonchev–Trinajstić information content (AvgIpc) is 2.64. The van der Waals surface area contributed by atoms with Gasteiger partial charge in [-0.2, -0.15) is 0 Å². The summed E-state index contributed by atoms with van der Waals surface area (Å²) in [5.41, 5.74) is 3.98. The molecule has 0 spiro atoms. The quantitative estimate of drug-likeness (QED) is 0.465. The molecule has 0 heterocycles. The van der Waals surface area contributed by atoms with Crippen LogP contribution in [-0.4, -0.2) is 29.3 Å². The van der Waals surface area contributed by atoms with Crippen molar-refractivity contribution in [3.63, 3.8) is 0 Å². The number of ether oxygens (including phenoxy) is 1. The second-order valence-corrected chi connectivity index (χ2v) is 5.27. The zero-order valence-electron chi connectivity index (χ0n) is 13.1. The molecule has 0 saturated carbocycles. The molecule has 2 rings (SSSR count). The number of hydrazine groups is 1. The molecular weight excluding hydrogens is 366 g/mol. The third-order valence-electron chi connectivity index (χ3n) is 3.06. The molecule has 0 atom stereocenters. The first-order valence-electron chi connectivity index (χ1n) is 7.14. The van der Waals surface area contributed by atoms with Gasteiger partial charge < -0.3 is 4.74 Å². The van der Waals surface area contributed by atoms with Gasteiger partial charge in [0.05, 0.1) is 10.5 Å². The highest BCUT2D eigenvalue weighted by Gasteiger charge is 2.18. The highest BCUT2D eigenvalue weighted by atomic mass is 35.5. The maximum absolute atomic E-state index is 11.8. The van der Waals surface area contributed by atoms with Gasteiger partial charge in [-0.3, -0.25) is 30.6 Å². The number of amides is 2. The Morgan fingerprint density at radius 3 is 2.38 bits per heavy atom. The molecule has 10 heteroatoms. The van der Waals surface area contributed by atoms with Gasteiger partial charge in [0.1, 0.15) is 5.02 Å². The van der Waals surface area contributed by atoms with Gasteiger partial charge in [0.15, 0.2) is 6.61 Å². The van der Waals surface area contributed by atoms with Crippen LogP contribution >= 0.6 is 11.6 Å². The first-order valence-corrected chi connectivity index (χ1v) is 7.51. The van der Waals surface area contributed by atoms with Crippen molar-refractivity contribution in [2.24, 2.45) is 0 Å². The minimum absolute atomic E-state index is 0.132. The molecule has 0 aliphatic heterocycles. The molecule has 2 amide bonds. The van der Waals surface area contributed by atoms with Gasteiger partial charge in [-0.05, 0) is 24.3 Å². The molecule has 0 aromatic heterocycles. The largest absolute Gasteiger partial charge is 0.452 e. The number of nitrogens with zero attached hydrogens (tertiary/aromatic N) is 1. The Morgan fingerprint density at radius 1 is 1.04 bits per heavy atom. The van der Waals surface area contributed by atoms with Crippen LogP contribution in [0.1, 0.15) is 20.7 Å². The molecule has 9 nitrogen and oxygen atoms in total. The van der Waals surface area contributed by atoms with Crippen molar-refractivity contribution in [1.82, 2.24) is 10.9 Å². The van der Waals surface area contributed by atoms with Crippen LogP contribution in [0.2, 0.25) is 5.02 Å². The molecule has 0 fully saturated rings. The Morgan fingerprint density at radius 2 is 1.73 bits per heavy atom. The molecule has 0 unspecified atom stereocenters. The first kappa shape index (κ1) is 18.9. The zero-order chi connectivity index (χ0) is 19.1. The van der Waals surface area contributed by atoms with E-state index in [0.29, 0.717) is 5.56 Å². The minimum Gasteiger partial charge on any atom is -0.452 e. The summed E-state index contributed by atoms with van der Waals surface area (Å²) >= 11 is 5.65. The molecule has 134 valence electrons. The highest BCUT2D eigenvalue weighted by molar-refractivity contribution is 6.32. The number of esters is 1. The van der Waals surface area contributed by atoms with Gasteiger partial charge in [-0.25, -0.2) is 4.79 Å². The third-order valence-corrected chi connectivity index (χ3v) is 3.38. The van der Waals surface area contributed by atoms with Crippen LogP contribution < -0.4 is 10.9 Å². The number of rotatable bonds is 5. The number of carbonyl (C=O) groups is 3. The van der Waals surface area contributed by atoms with Gasteiger partial charge in [-0.1, -0.05) is 29.8 Å². The van der Waals surface area contributed by atoms with Crippen LogP contribution in [0.25, 0.3) is 0 Å². The van der Waals surface area contributed by atoms with E-state index in [1.54, 1.807) is 30.3 Å². The second kappa shape index (κ2) is 8.58. The monoisotopic (exact) mass is 377 g/mol. The van der Waals surface area contributed by atoms with Gasteiger partial charge in [0.25, 0.3) is 17.5 Å². The van der Waals surface area contributed by atoms with Crippen molar-refractivity contribution in [2.75, 3.05) is 6.61 Å². The lowest BCUT2D eigenvalue weighted by atomic mass is 10.2. The topological polar surface area (TPSA) is 128 Å². The molecule has 0 aliphatic rings. The standard InChI is InChI=1S/C16H12ClN3O6/c17-12-7-6-11(8-13(12)20(24)25)16(23)26-9-14(21)18-19-15(22)10-4-2-1-3-5-10/h1-8H,9H2,(H,18,21)(H,19,22). The Labute approximate surface area is 152 Å². The van der Waals surface area contributed by atoms with Crippen LogP contribution in [0.15, 0.2) is 48.5 Å². The lowest BCUT2D eigenvalue weighted by Gasteiger charge is -2.08. The summed E-state index contributed by atoms with van der Waals surface area (Å²) < 4.78 is 4.73. The van der Waals surface area contributed by atoms with Crippen LogP contribution in [0.4, 0.5) is 5.69 Å². The van der Waals surface area contributed by atoms with Crippen molar-refractivity contribution in [2.45, 2.75) is 0 Å². The van der Waals surface area contributed by atoms with Crippen LogP contribution in [0, 0.1) is 10.1 Å². The maximum Gasteiger partial charge on any atom is 0.338 e. The van der Waals surface area contributed by atoms with Crippen molar-refractivity contribution in [3.8, 4) is 0 Å². The van der Waals surface area contributed by atoms with E-state index in [1.165, 1.54) is 12.1 Å². The fourth-order valence-corrected chi connectivity index (χ4v) is 2.00. The van der Waals surface area contributed by atoms with Gasteiger partial charge in [0, 0.05) is 11.6 Å². The normalized spacial score (nSPS) is 9.88. The Balaban J connectivity index is 1.85. The Kier molecular flexibility index (Phi) is 6.23. The van der Waals surface area contributed by atoms with Crippen LogP contribution in [-0.2, 0) is 9.53 Å². The summed E-state index contributed by atoms with van der Waals surface area (Å²) in [7, 11) is 0. The van der Waals surface area contributed by atoms with Crippen molar-refractivity contribution in [1.29, 1.82) is 0 Å². The minimum atomic E-state index is -0.950. The Hall–Kier alpha value is -3.46. The molecule has 2 aromatic rings. The fourth-order valence-electron chi connectivity index (χ4n) is 1.82. The summed E-state index contributed by atoms with van der Waals surface area (Å²) in [5, 5.41) is 10.7. The lowest BCUT2D eigenvalue weighted by Crippen LogP contribution is -2.43. The SMILES string of the molecule is O=C(COC(=O)c1ccc(Cl)c([N+](=O)[O-])c1)NNC(=O)c1ccccc1. The molecule has 2 N–H and O–H groups in total. The first-order chi connectivity index (χ1) is 12.4. The zero-order valence-corrected chi connectivity index (χ0v) is 13.9. The maximum atomic E-state index is 11.8. The number of nitro groups is 1. The van der Waals surface area contributed by atoms with Crippen molar-refractivity contribution in [3.05, 3.63) is 74.8 Å². The number of nitrogens with one attached hydrogen (secondary N) is 2. The summed E-state index contributed by atoms with van der Waals surface area (Å²) in [6.07, 6.45) is 0. The molecular formula is C16H12ClN3O6. The Bertz CT molecular complexity index is 856. The van der Waals surface area contributed by atoms with E-state index in [4.69, 9.17) is 16.3 Å². The van der Waals surface area contributed by atoms with Gasteiger partial charge in [0.2, 0.25) is 0 Å². The number of hydrogen-bond donors (Lipinski definition) is 2. The summed E-state index contributed by atoms with van der Waals surface area (Å²) in [5.74, 6) is -2.28. The molecule has 0 bridgehead atoms. The van der Waals surface area contributed by atoms with E-state index in [1.807, 2.05) is 0 Å². The predicted octanol–water partition coefficient (Wildman–Crippen LogP) is 1.87. The molecule has 0 aliphatic carbocycles. The highest BCUT2D eigenvalue weighted by Crippen LogP contribution is 2.25. The second-order valence-electron chi connectivity index (χ2n) is 4.87. The van der Waals surface area contributed by atoms with E-state index < -0.39 is 35.0 Å². The number of nitro benzene ring substituents is 1. The van der Waals surface area contributed by atoms with E-state index in [0.717, 1.165) is 6.07 Å². The molecule has 0 radical (unpaired) electrons. The number of halogens is 1. The van der Waals surface area contributed by atoms with Crippen LogP contribution in [0.3, 0.4) is 0 Å². The van der Waals surface area contributed by atoms with E-state index in [-0.39, 0.29) is 10.6 Å². The van der Waals surface area contributed by atoms with Gasteiger partial charge in [-0.15, -0.1) is 0 Å². The fraction of sp³-hybridized carbons (Fsp3) is 0.0625. The molecule has 2 aromatic carbocycles. The summed E-state index contributed by atoms with van der Waals surface area (Å²) in [4.78, 5) is 45.2. The molecule has 0 saturated heterocycles. The smallest absolute Gasteiger partial charge is 0.338 e. The third kappa shape index (κ3) is 5.02. The molecule has 26 heavy (non-hydrogen) atoms. The average molecular weight is 378 g/mol. The van der Waals surface area contributed by atoms with Crippen LogP contribution in [0.5, 0.6) is 0 Å².